The molecular weight excluding hydrogens is 239 g/mol. The van der Waals surface area contributed by atoms with Crippen molar-refractivity contribution in [3.8, 4) is 0 Å². The van der Waals surface area contributed by atoms with Gasteiger partial charge in [-0.3, -0.25) is 9.32 Å². The van der Waals surface area contributed by atoms with Crippen molar-refractivity contribution >= 4 is 14.7 Å². The van der Waals surface area contributed by atoms with Crippen molar-refractivity contribution in [3.05, 3.63) is 18.4 Å². The fraction of sp³-hybridized carbons (Fsp3) is 0.667. The van der Waals surface area contributed by atoms with E-state index in [0.29, 0.717) is 0 Å². The van der Waals surface area contributed by atoms with E-state index in [2.05, 4.69) is 23.8 Å². The fourth-order valence-corrected chi connectivity index (χ4v) is 2.01. The molecule has 17 heavy (non-hydrogen) atoms. The van der Waals surface area contributed by atoms with Crippen LogP contribution in [0.5, 0.6) is 0 Å². The van der Waals surface area contributed by atoms with Crippen molar-refractivity contribution in [1.29, 1.82) is 0 Å². The van der Waals surface area contributed by atoms with Crippen molar-refractivity contribution in [3.63, 3.8) is 0 Å². The molecule has 0 aliphatic carbocycles. The summed E-state index contributed by atoms with van der Waals surface area (Å²) in [5, 5.41) is 0. The molecule has 0 aliphatic heterocycles. The Morgan fingerprint density at radius 3 is 2.65 bits per heavy atom. The molecule has 0 aliphatic rings. The van der Waals surface area contributed by atoms with Gasteiger partial charge in [-0.05, 0) is 12.5 Å². The largest absolute Gasteiger partial charge is 0.396 e. The molecule has 0 spiro atoms. The van der Waals surface area contributed by atoms with Gasteiger partial charge >= 0.3 is 8.25 Å². The van der Waals surface area contributed by atoms with Crippen LogP contribution in [0.1, 0.15) is 45.4 Å². The number of hydrogen-bond donors (Lipinski definition) is 0. The van der Waals surface area contributed by atoms with E-state index in [1.54, 1.807) is 6.08 Å². The first-order valence-corrected chi connectivity index (χ1v) is 7.14. The Morgan fingerprint density at radius 1 is 1.35 bits per heavy atom. The number of unbranched alkanes of at least 4 members (excludes halogenated alkanes) is 4. The van der Waals surface area contributed by atoms with Gasteiger partial charge < -0.3 is 4.52 Å². The van der Waals surface area contributed by atoms with Crippen LogP contribution in [-0.4, -0.2) is 12.6 Å². The Balaban J connectivity index is 3.85. The van der Waals surface area contributed by atoms with Crippen LogP contribution in [0.15, 0.2) is 18.4 Å². The molecule has 0 saturated carbocycles. The second-order valence-electron chi connectivity index (χ2n) is 3.69. The molecule has 2 atom stereocenters. The average molecular weight is 260 g/mol. The van der Waals surface area contributed by atoms with E-state index in [1.807, 2.05) is 0 Å². The third-order valence-corrected chi connectivity index (χ3v) is 3.07. The third kappa shape index (κ3) is 10.1. The molecule has 0 N–H and O–H groups in total. The quantitative estimate of drug-likeness (QED) is 0.246. The van der Waals surface area contributed by atoms with Crippen molar-refractivity contribution < 1.29 is 18.4 Å². The van der Waals surface area contributed by atoms with Gasteiger partial charge in [-0.1, -0.05) is 45.6 Å². The molecule has 5 heteroatoms. The van der Waals surface area contributed by atoms with Crippen molar-refractivity contribution in [2.75, 3.05) is 0 Å². The zero-order chi connectivity index (χ0) is 12.9. The zero-order valence-electron chi connectivity index (χ0n) is 10.3. The summed E-state index contributed by atoms with van der Waals surface area (Å²) in [6.45, 7) is 5.75. The Labute approximate surface area is 104 Å². The predicted octanol–water partition coefficient (Wildman–Crippen LogP) is 3.64. The highest BCUT2D eigenvalue weighted by atomic mass is 31.1. The van der Waals surface area contributed by atoms with E-state index in [9.17, 15) is 9.36 Å². The molecule has 2 unspecified atom stereocenters. The smallest absolute Gasteiger partial charge is 0.370 e. The van der Waals surface area contributed by atoms with Crippen molar-refractivity contribution in [2.45, 2.75) is 51.6 Å². The van der Waals surface area contributed by atoms with E-state index in [-0.39, 0.29) is 12.6 Å². The van der Waals surface area contributed by atoms with Crippen LogP contribution in [0.2, 0.25) is 0 Å². The molecule has 0 rings (SSSR count). The summed E-state index contributed by atoms with van der Waals surface area (Å²) in [5.41, 5.74) is 2.60. The molecule has 0 saturated heterocycles. The van der Waals surface area contributed by atoms with E-state index in [4.69, 9.17) is 4.52 Å². The predicted molar refractivity (Wildman–Crippen MR) is 68.1 cm³/mol. The van der Waals surface area contributed by atoms with Gasteiger partial charge in [0.1, 0.15) is 0 Å². The highest BCUT2D eigenvalue weighted by Crippen LogP contribution is 2.27. The molecule has 0 bridgehead atoms. The maximum absolute atomic E-state index is 11.1. The maximum Gasteiger partial charge on any atom is 0.370 e. The Kier molecular flexibility index (Phi) is 11.1. The Morgan fingerprint density at radius 2 is 2.06 bits per heavy atom. The summed E-state index contributed by atoms with van der Waals surface area (Å²) in [6.07, 6.45) is 7.75. The summed E-state index contributed by atoms with van der Waals surface area (Å²) >= 11 is 0. The summed E-state index contributed by atoms with van der Waals surface area (Å²) in [5.74, 6) is 0. The zero-order valence-corrected chi connectivity index (χ0v) is 11.3. The van der Waals surface area contributed by atoms with Gasteiger partial charge in [0.15, 0.2) is 0 Å². The lowest BCUT2D eigenvalue weighted by Crippen LogP contribution is -2.05. The van der Waals surface area contributed by atoms with Crippen molar-refractivity contribution in [1.82, 2.24) is 0 Å². The molecule has 0 heterocycles. The number of hydrogen-bond acceptors (Lipinski definition) is 4. The first-order chi connectivity index (χ1) is 8.24. The minimum Gasteiger partial charge on any atom is -0.396 e. The lowest BCUT2D eigenvalue weighted by Gasteiger charge is -2.11. The van der Waals surface area contributed by atoms with Crippen LogP contribution in [0.3, 0.4) is 0 Å². The lowest BCUT2D eigenvalue weighted by molar-refractivity contribution is -0.121. The molecule has 0 aromatic carbocycles. The average Bonchev–Trinajstić information content (AvgIpc) is 2.29. The maximum atomic E-state index is 11.1. The highest BCUT2D eigenvalue weighted by Gasteiger charge is 2.09. The summed E-state index contributed by atoms with van der Waals surface area (Å²) in [7, 11) is -2.72. The van der Waals surface area contributed by atoms with Gasteiger partial charge in [0.25, 0.3) is 6.47 Å². The molecule has 0 fully saturated rings. The van der Waals surface area contributed by atoms with Gasteiger partial charge in [0.05, 0.1) is 6.10 Å². The molecule has 0 radical (unpaired) electrons. The normalized spacial score (nSPS) is 13.5. The summed E-state index contributed by atoms with van der Waals surface area (Å²) in [4.78, 5) is 9.97. The number of carbonyl (C=O) groups is 1. The monoisotopic (exact) mass is 260 g/mol. The standard InChI is InChI=1S/C12H21O4P/c1-3-5-6-7-8-10-12(9-4-2)16-17(14)15-11-13/h9,11-12,17H,2-3,5-8,10H2,1H3. The number of carbonyl (C=O) groups excluding carboxylic acids is 1. The van der Waals surface area contributed by atoms with E-state index >= 15 is 0 Å². The van der Waals surface area contributed by atoms with Gasteiger partial charge in [-0.2, -0.15) is 0 Å². The molecule has 0 amide bonds. The molecular formula is C12H21O4P. The van der Waals surface area contributed by atoms with Crippen molar-refractivity contribution in [2.24, 2.45) is 0 Å². The minimum atomic E-state index is -2.72. The van der Waals surface area contributed by atoms with Gasteiger partial charge in [0.2, 0.25) is 0 Å². The molecule has 0 aromatic heterocycles. The second-order valence-corrected chi connectivity index (χ2v) is 4.67. The van der Waals surface area contributed by atoms with Crippen LogP contribution in [-0.2, 0) is 18.4 Å². The Hall–Kier alpha value is -0.820. The first-order valence-electron chi connectivity index (χ1n) is 5.91. The summed E-state index contributed by atoms with van der Waals surface area (Å²) < 4.78 is 20.4. The molecule has 0 aromatic rings. The number of rotatable bonds is 11. The Bertz CT molecular complexity index is 272. The van der Waals surface area contributed by atoms with E-state index in [1.165, 1.54) is 19.3 Å². The van der Waals surface area contributed by atoms with E-state index in [0.717, 1.165) is 19.3 Å². The van der Waals surface area contributed by atoms with E-state index < -0.39 is 8.25 Å². The van der Waals surface area contributed by atoms with Crippen LogP contribution in [0, 0.1) is 0 Å². The van der Waals surface area contributed by atoms with Crippen LogP contribution in [0.25, 0.3) is 0 Å². The summed E-state index contributed by atoms with van der Waals surface area (Å²) in [6, 6.07) is 0. The SMILES string of the molecule is C=C=CC(CCCCCCC)O[PH](=O)OC=O. The van der Waals surface area contributed by atoms with Crippen LogP contribution >= 0.6 is 8.25 Å². The molecule has 4 nitrogen and oxygen atoms in total. The lowest BCUT2D eigenvalue weighted by atomic mass is 10.1. The third-order valence-electron chi connectivity index (χ3n) is 2.29. The van der Waals surface area contributed by atoms with Gasteiger partial charge in [-0.15, -0.1) is 5.73 Å². The van der Waals surface area contributed by atoms with Gasteiger partial charge in [-0.25, -0.2) is 4.57 Å². The fourth-order valence-electron chi connectivity index (χ4n) is 1.45. The van der Waals surface area contributed by atoms with Crippen LogP contribution in [0.4, 0.5) is 0 Å². The second kappa shape index (κ2) is 11.7. The topological polar surface area (TPSA) is 52.6 Å². The minimum absolute atomic E-state index is 0.136. The van der Waals surface area contributed by atoms with Crippen LogP contribution < -0.4 is 0 Å². The molecule has 98 valence electrons. The highest BCUT2D eigenvalue weighted by molar-refractivity contribution is 7.33. The van der Waals surface area contributed by atoms with Gasteiger partial charge in [0, 0.05) is 0 Å². The first kappa shape index (κ1) is 16.2.